The molecule has 0 aliphatic carbocycles. The topological polar surface area (TPSA) is 79.2 Å². The molecule has 0 radical (unpaired) electrons. The van der Waals surface area contributed by atoms with Gasteiger partial charge in [0.15, 0.2) is 0 Å². The molecule has 0 atom stereocenters. The van der Waals surface area contributed by atoms with Crippen molar-refractivity contribution in [2.24, 2.45) is 0 Å². The Balaban J connectivity index is 3.51. The summed E-state index contributed by atoms with van der Waals surface area (Å²) in [5.74, 6) is 0.779. The molecule has 3 N–H and O–H groups in total. The van der Waals surface area contributed by atoms with Gasteiger partial charge in [-0.3, -0.25) is 0 Å². The van der Waals surface area contributed by atoms with E-state index in [0.717, 1.165) is 12.8 Å². The Labute approximate surface area is 182 Å². The zero-order valence-corrected chi connectivity index (χ0v) is 20.7. The van der Waals surface area contributed by atoms with E-state index in [1.54, 1.807) is 0 Å². The van der Waals surface area contributed by atoms with Crippen LogP contribution in [0.15, 0.2) is 0 Å². The van der Waals surface area contributed by atoms with Crippen molar-refractivity contribution in [2.75, 3.05) is 37.0 Å². The van der Waals surface area contributed by atoms with E-state index in [-0.39, 0.29) is 12.3 Å². The number of rotatable bonds is 22. The fourth-order valence-corrected chi connectivity index (χ4v) is 7.20. The van der Waals surface area contributed by atoms with Crippen LogP contribution in [0.2, 0.25) is 0 Å². The van der Waals surface area contributed by atoms with Crippen LogP contribution in [-0.2, 0) is 8.37 Å². The minimum atomic E-state index is -4.56. The first-order valence-corrected chi connectivity index (χ1v) is 15.4. The Morgan fingerprint density at radius 2 is 0.929 bits per heavy atom. The maximum atomic E-state index is 10.1. The van der Waals surface area contributed by atoms with Crippen LogP contribution < -0.4 is 0 Å². The summed E-state index contributed by atoms with van der Waals surface area (Å²) in [7, 11) is -4.56. The first kappa shape index (κ1) is 28.9. The monoisotopic (exact) mass is 460 g/mol. The molecule has 0 aromatic carbocycles. The molecule has 0 heterocycles. The van der Waals surface area contributed by atoms with Gasteiger partial charge in [-0.25, -0.2) is 0 Å². The van der Waals surface area contributed by atoms with Gasteiger partial charge in [-0.2, -0.15) is 0 Å². The zero-order chi connectivity index (χ0) is 21.0. The summed E-state index contributed by atoms with van der Waals surface area (Å²) < 4.78 is 10.9. The average molecular weight is 461 g/mol. The quantitative estimate of drug-likeness (QED) is 0.0992. The normalized spacial score (nSPS) is 13.5. The van der Waals surface area contributed by atoms with Crippen molar-refractivity contribution in [3.8, 4) is 0 Å². The molecule has 0 amide bonds. The van der Waals surface area contributed by atoms with Crippen LogP contribution >= 0.6 is 31.4 Å². The van der Waals surface area contributed by atoms with Crippen molar-refractivity contribution in [1.82, 2.24) is 0 Å². The van der Waals surface area contributed by atoms with E-state index in [1.165, 1.54) is 88.3 Å². The van der Waals surface area contributed by atoms with Crippen molar-refractivity contribution >= 4 is 31.4 Å². The molecule has 0 aromatic heterocycles. The summed E-state index contributed by atoms with van der Waals surface area (Å²) in [5, 5.41) is 0. The zero-order valence-electron chi connectivity index (χ0n) is 18.1. The van der Waals surface area contributed by atoms with Crippen molar-refractivity contribution in [3.05, 3.63) is 0 Å². The van der Waals surface area contributed by atoms with Crippen LogP contribution in [0.3, 0.4) is 0 Å². The van der Waals surface area contributed by atoms with E-state index >= 15 is 0 Å². The molecule has 0 saturated heterocycles. The molecule has 8 heteroatoms. The second kappa shape index (κ2) is 18.7. The van der Waals surface area contributed by atoms with Crippen molar-refractivity contribution in [3.63, 3.8) is 0 Å². The molecule has 0 aliphatic heterocycles. The van der Waals surface area contributed by atoms with Gasteiger partial charge < -0.3 is 0 Å². The third-order valence-corrected chi connectivity index (χ3v) is 8.89. The molecule has 0 unspecified atom stereocenters. The summed E-state index contributed by atoms with van der Waals surface area (Å²) in [6.07, 6.45) is 14.6. The molecular weight excluding hydrogens is 415 g/mol. The molecule has 0 aromatic rings. The summed E-state index contributed by atoms with van der Waals surface area (Å²) in [5.41, 5.74) is 0. The predicted octanol–water partition coefficient (Wildman–Crippen LogP) is 6.31. The van der Waals surface area contributed by atoms with Crippen LogP contribution in [-0.4, -0.2) is 51.7 Å². The third kappa shape index (κ3) is 21.6. The van der Waals surface area contributed by atoms with Gasteiger partial charge in [0.25, 0.3) is 0 Å². The Morgan fingerprint density at radius 1 is 0.571 bits per heavy atom. The van der Waals surface area contributed by atoms with Crippen molar-refractivity contribution < 1.29 is 23.0 Å². The fraction of sp³-hybridized carbons (Fsp3) is 1.00. The van der Waals surface area contributed by atoms with Gasteiger partial charge in [0.2, 0.25) is 0 Å². The average Bonchev–Trinajstić information content (AvgIpc) is 2.64. The predicted molar refractivity (Wildman–Crippen MR) is 127 cm³/mol. The Kier molecular flexibility index (Phi) is 19.3. The molecule has 172 valence electrons. The first-order chi connectivity index (χ1) is 13.4. The summed E-state index contributed by atoms with van der Waals surface area (Å²) >= 11 is 2.44. The van der Waals surface area contributed by atoms with Crippen LogP contribution in [0.1, 0.15) is 90.9 Å². The van der Waals surface area contributed by atoms with Gasteiger partial charge in [0.05, 0.1) is 0 Å². The second-order valence-electron chi connectivity index (χ2n) is 7.61. The number of unbranched alkanes of at least 4 members (excludes halogenated alkanes) is 10. The van der Waals surface area contributed by atoms with Gasteiger partial charge in [0, 0.05) is 0 Å². The molecule has 0 bridgehead atoms. The number of hydrogen-bond acceptors (Lipinski definition) is 7. The summed E-state index contributed by atoms with van der Waals surface area (Å²) in [6.45, 7) is 5.77. The van der Waals surface area contributed by atoms with Crippen LogP contribution in [0.25, 0.3) is 0 Å². The Bertz CT molecular complexity index is 312. The van der Waals surface area contributed by atoms with Gasteiger partial charge >= 0.3 is 182 Å². The molecule has 0 fully saturated rings. The molecule has 0 rings (SSSR count). The molecule has 5 nitrogen and oxygen atoms in total. The van der Waals surface area contributed by atoms with Crippen molar-refractivity contribution in [1.29, 1.82) is 0 Å². The van der Waals surface area contributed by atoms with E-state index in [2.05, 4.69) is 13.8 Å². The van der Waals surface area contributed by atoms with Crippen LogP contribution in [0.5, 0.6) is 0 Å². The maximum absolute atomic E-state index is 10.1. The van der Waals surface area contributed by atoms with E-state index in [4.69, 9.17) is 8.37 Å². The van der Waals surface area contributed by atoms with Gasteiger partial charge in [0.1, 0.15) is 0 Å². The van der Waals surface area contributed by atoms with E-state index in [9.17, 15) is 14.7 Å². The van der Waals surface area contributed by atoms with Gasteiger partial charge in [-0.1, -0.05) is 0 Å². The molecule has 0 spiro atoms. The minimum absolute atomic E-state index is 0.0231. The van der Waals surface area contributed by atoms with E-state index in [1.807, 2.05) is 0 Å². The number of hydrogen-bond donors (Lipinski definition) is 3. The molecule has 28 heavy (non-hydrogen) atoms. The standard InChI is InChI=1S/C20H45O5PS2/c1-3-5-7-9-11-13-15-24-27-19-17-26(21,22,23)18-20-28-25-16-14-12-10-8-6-4-2/h21-23H,3-20H2,1-2H3. The van der Waals surface area contributed by atoms with Gasteiger partial charge in [-0.05, 0) is 0 Å². The molecular formula is C20H45O5PS2. The fourth-order valence-electron chi connectivity index (χ4n) is 2.68. The van der Waals surface area contributed by atoms with Crippen LogP contribution in [0, 0.1) is 0 Å². The molecule has 0 aliphatic rings. The summed E-state index contributed by atoms with van der Waals surface area (Å²) in [4.78, 5) is 30.4. The van der Waals surface area contributed by atoms with E-state index in [0.29, 0.717) is 24.7 Å². The van der Waals surface area contributed by atoms with Crippen molar-refractivity contribution in [2.45, 2.75) is 90.9 Å². The molecule has 0 saturated carbocycles. The SMILES string of the molecule is CCCCCCCCOSCCP(O)(O)(O)CCSOCCCCCCCC. The Hall–Kier alpha value is 0.930. The van der Waals surface area contributed by atoms with E-state index < -0.39 is 7.28 Å². The second-order valence-corrected chi connectivity index (χ2v) is 12.9. The summed E-state index contributed by atoms with van der Waals surface area (Å²) in [6, 6.07) is 0. The first-order valence-electron chi connectivity index (χ1n) is 11.1. The van der Waals surface area contributed by atoms with Gasteiger partial charge in [-0.15, -0.1) is 0 Å². The van der Waals surface area contributed by atoms with Crippen LogP contribution in [0.4, 0.5) is 0 Å². The third-order valence-electron chi connectivity index (χ3n) is 4.59. The Morgan fingerprint density at radius 3 is 1.32 bits per heavy atom.